The lowest BCUT2D eigenvalue weighted by Gasteiger charge is -2.21. The smallest absolute Gasteiger partial charge is 0.298 e. The highest BCUT2D eigenvalue weighted by Crippen LogP contribution is 2.24. The summed E-state index contributed by atoms with van der Waals surface area (Å²) in [4.78, 5) is 14.9. The number of primary amides is 1. The van der Waals surface area contributed by atoms with Crippen LogP contribution in [0, 0.1) is 6.57 Å². The van der Waals surface area contributed by atoms with Crippen LogP contribution in [-0.4, -0.2) is 34.9 Å². The molecular weight excluding hydrogens is 222 g/mol. The lowest BCUT2D eigenvalue weighted by Crippen LogP contribution is -2.32. The topological polar surface area (TPSA) is 101 Å². The first-order valence-corrected chi connectivity index (χ1v) is 5.25. The third-order valence-corrected chi connectivity index (χ3v) is 2.85. The molecule has 1 aromatic rings. The Morgan fingerprint density at radius 1 is 1.71 bits per heavy atom. The van der Waals surface area contributed by atoms with Crippen molar-refractivity contribution in [2.45, 2.75) is 18.5 Å². The largest absolute Gasteiger partial charge is 0.382 e. The van der Waals surface area contributed by atoms with Gasteiger partial charge >= 0.3 is 0 Å². The van der Waals surface area contributed by atoms with E-state index in [4.69, 9.17) is 22.8 Å². The molecule has 1 amide bonds. The Labute approximate surface area is 98.1 Å². The highest BCUT2D eigenvalue weighted by atomic mass is 16.5. The normalized spacial score (nSPS) is 24.2. The van der Waals surface area contributed by atoms with E-state index >= 15 is 0 Å². The number of aromatic nitrogens is 2. The average molecular weight is 236 g/mol. The molecular formula is C10H14N5O2+. The predicted molar refractivity (Wildman–Crippen MR) is 61.7 cm³/mol. The summed E-state index contributed by atoms with van der Waals surface area (Å²) in [5.41, 5.74) is 11.0. The monoisotopic (exact) mass is 236 g/mol. The van der Waals surface area contributed by atoms with Crippen molar-refractivity contribution in [3.05, 3.63) is 16.6 Å². The number of hydrogen-bond acceptors (Lipinski definition) is 4. The molecule has 4 N–H and O–H groups in total. The summed E-state index contributed by atoms with van der Waals surface area (Å²) in [6.45, 7) is 6.39. The number of amides is 1. The zero-order valence-electron chi connectivity index (χ0n) is 9.24. The van der Waals surface area contributed by atoms with Gasteiger partial charge in [-0.05, 0) is 0 Å². The van der Waals surface area contributed by atoms with E-state index in [-0.39, 0.29) is 23.5 Å². The molecule has 2 atom stereocenters. The molecule has 1 aliphatic heterocycles. The number of rotatable bonds is 2. The van der Waals surface area contributed by atoms with E-state index in [0.717, 1.165) is 0 Å². The van der Waals surface area contributed by atoms with Gasteiger partial charge in [0.1, 0.15) is 5.56 Å². The van der Waals surface area contributed by atoms with Crippen molar-refractivity contribution in [2.24, 2.45) is 5.73 Å². The van der Waals surface area contributed by atoms with Crippen molar-refractivity contribution in [1.82, 2.24) is 9.78 Å². The molecule has 1 unspecified atom stereocenters. The van der Waals surface area contributed by atoms with Crippen molar-refractivity contribution in [2.75, 3.05) is 18.9 Å². The number of ether oxygens (including phenoxy) is 1. The summed E-state index contributed by atoms with van der Waals surface area (Å²) in [5, 5.41) is 4.05. The Bertz CT molecular complexity index is 476. The minimum absolute atomic E-state index is 0.0937. The molecule has 7 heteroatoms. The highest BCUT2D eigenvalue weighted by molar-refractivity contribution is 5.96. The second-order valence-electron chi connectivity index (χ2n) is 3.92. The van der Waals surface area contributed by atoms with Crippen LogP contribution in [0.15, 0.2) is 6.20 Å². The van der Waals surface area contributed by atoms with Crippen LogP contribution in [0.3, 0.4) is 0 Å². The third-order valence-electron chi connectivity index (χ3n) is 2.85. The van der Waals surface area contributed by atoms with Gasteiger partial charge in [-0.2, -0.15) is 5.10 Å². The molecule has 1 aliphatic rings. The van der Waals surface area contributed by atoms with Crippen molar-refractivity contribution >= 4 is 11.7 Å². The molecule has 0 aromatic carbocycles. The van der Waals surface area contributed by atoms with Gasteiger partial charge in [-0.3, -0.25) is 9.48 Å². The van der Waals surface area contributed by atoms with Gasteiger partial charge in [0.25, 0.3) is 18.5 Å². The molecule has 0 radical (unpaired) electrons. The number of nitrogens with two attached hydrogens (primary N) is 2. The first-order chi connectivity index (χ1) is 8.13. The van der Waals surface area contributed by atoms with Crippen LogP contribution in [0.25, 0.3) is 4.85 Å². The zero-order valence-corrected chi connectivity index (χ0v) is 9.24. The Hall–Kier alpha value is -2.07. The van der Waals surface area contributed by atoms with Crippen molar-refractivity contribution < 1.29 is 9.53 Å². The Morgan fingerprint density at radius 3 is 3.06 bits per heavy atom. The second kappa shape index (κ2) is 4.43. The van der Waals surface area contributed by atoms with Crippen molar-refractivity contribution in [1.29, 1.82) is 0 Å². The summed E-state index contributed by atoms with van der Waals surface area (Å²) >= 11 is 0. The van der Waals surface area contributed by atoms with Crippen LogP contribution in [0.5, 0.6) is 0 Å². The molecule has 1 saturated heterocycles. The van der Waals surface area contributed by atoms with E-state index in [1.807, 2.05) is 0 Å². The van der Waals surface area contributed by atoms with E-state index in [2.05, 4.69) is 9.94 Å². The zero-order chi connectivity index (χ0) is 12.4. The summed E-state index contributed by atoms with van der Waals surface area (Å²) in [7, 11) is 0. The summed E-state index contributed by atoms with van der Waals surface area (Å²) in [6.07, 6.45) is 2.22. The average Bonchev–Trinajstić information content (AvgIpc) is 2.71. The van der Waals surface area contributed by atoms with Gasteiger partial charge in [0.05, 0.1) is 19.6 Å². The van der Waals surface area contributed by atoms with E-state index < -0.39 is 5.91 Å². The van der Waals surface area contributed by atoms with Crippen molar-refractivity contribution in [3.63, 3.8) is 0 Å². The molecule has 2 rings (SSSR count). The first kappa shape index (κ1) is 11.4. The quantitative estimate of drug-likeness (QED) is 0.746. The van der Waals surface area contributed by atoms with Crippen LogP contribution in [-0.2, 0) is 4.74 Å². The molecule has 0 aliphatic carbocycles. The number of nitrogens with zero attached hydrogens (tertiary/aromatic N) is 3. The van der Waals surface area contributed by atoms with Crippen LogP contribution in [0.4, 0.5) is 5.82 Å². The van der Waals surface area contributed by atoms with Gasteiger partial charge in [0.2, 0.25) is 0 Å². The van der Waals surface area contributed by atoms with Gasteiger partial charge in [-0.15, -0.1) is 0 Å². The number of nitrogen functional groups attached to an aromatic ring is 1. The van der Waals surface area contributed by atoms with Gasteiger partial charge in [0, 0.05) is 6.20 Å². The summed E-state index contributed by atoms with van der Waals surface area (Å²) in [5.74, 6) is -0.495. The molecule has 0 spiro atoms. The SMILES string of the molecule is C#[N+][C@H]1CCOCC1n1cc(C(N)=O)c(N)n1. The van der Waals surface area contributed by atoms with E-state index in [0.29, 0.717) is 19.6 Å². The molecule has 1 aromatic heterocycles. The highest BCUT2D eigenvalue weighted by Gasteiger charge is 2.35. The molecule has 0 bridgehead atoms. The standard InChI is InChI=1S/C10H13N5O2/c1-13-7-2-3-17-5-8(7)15-4-6(10(12)16)9(11)14-15/h1,4,7-8H,2-3,5H2,(H3-,11,12,14,16)/p+1/t7-,8?/m0/s1. The second-order valence-corrected chi connectivity index (χ2v) is 3.92. The Morgan fingerprint density at radius 2 is 2.47 bits per heavy atom. The van der Waals surface area contributed by atoms with Crippen LogP contribution < -0.4 is 11.5 Å². The molecule has 90 valence electrons. The molecule has 1 fully saturated rings. The fraction of sp³-hybridized carbons (Fsp3) is 0.500. The van der Waals surface area contributed by atoms with Gasteiger partial charge in [-0.25, -0.2) is 0 Å². The molecule has 0 saturated carbocycles. The van der Waals surface area contributed by atoms with E-state index in [1.54, 1.807) is 4.68 Å². The molecule has 7 nitrogen and oxygen atoms in total. The number of hydrogen-bond donors (Lipinski definition) is 2. The van der Waals surface area contributed by atoms with E-state index in [1.165, 1.54) is 6.20 Å². The lowest BCUT2D eigenvalue weighted by molar-refractivity contribution is 0.0507. The predicted octanol–water partition coefficient (Wildman–Crippen LogP) is -0.143. The number of carbonyl (C=O) groups excluding carboxylic acids is 1. The van der Waals surface area contributed by atoms with Crippen LogP contribution in [0.2, 0.25) is 0 Å². The maximum absolute atomic E-state index is 11.1. The summed E-state index contributed by atoms with van der Waals surface area (Å²) < 4.78 is 6.90. The third kappa shape index (κ3) is 2.07. The minimum atomic E-state index is -0.605. The number of anilines is 1. The Balaban J connectivity index is 2.30. The fourth-order valence-electron chi connectivity index (χ4n) is 1.90. The first-order valence-electron chi connectivity index (χ1n) is 5.25. The van der Waals surface area contributed by atoms with Gasteiger partial charge in [-0.1, -0.05) is 4.85 Å². The molecule has 2 heterocycles. The van der Waals surface area contributed by atoms with Crippen molar-refractivity contribution in [3.8, 4) is 6.57 Å². The summed E-state index contributed by atoms with van der Waals surface area (Å²) in [6, 6.07) is -0.243. The maximum atomic E-state index is 11.1. The van der Waals surface area contributed by atoms with Crippen LogP contribution in [0.1, 0.15) is 22.8 Å². The van der Waals surface area contributed by atoms with Gasteiger partial charge < -0.3 is 16.2 Å². The Kier molecular flexibility index (Phi) is 2.97. The maximum Gasteiger partial charge on any atom is 0.298 e. The fourth-order valence-corrected chi connectivity index (χ4v) is 1.90. The van der Waals surface area contributed by atoms with Gasteiger partial charge in [0.15, 0.2) is 11.9 Å². The minimum Gasteiger partial charge on any atom is -0.382 e. The van der Waals surface area contributed by atoms with Crippen LogP contribution >= 0.6 is 0 Å². The lowest BCUT2D eigenvalue weighted by atomic mass is 10.1. The van der Waals surface area contributed by atoms with E-state index in [9.17, 15) is 4.79 Å². The number of carbonyl (C=O) groups is 1. The molecule has 17 heavy (non-hydrogen) atoms.